The molecule has 0 saturated carbocycles. The van der Waals surface area contributed by atoms with Crippen molar-refractivity contribution < 1.29 is 23.5 Å². The van der Waals surface area contributed by atoms with Crippen molar-refractivity contribution in [3.8, 4) is 0 Å². The van der Waals surface area contributed by atoms with Gasteiger partial charge >= 0.3 is 5.97 Å². The Labute approximate surface area is 112 Å². The molecule has 0 aliphatic carbocycles. The molecule has 0 aliphatic rings. The van der Waals surface area contributed by atoms with E-state index >= 15 is 0 Å². The molecule has 6 heteroatoms. The molecule has 0 spiro atoms. The van der Waals surface area contributed by atoms with Crippen molar-refractivity contribution in [3.05, 3.63) is 23.7 Å². The van der Waals surface area contributed by atoms with E-state index in [1.165, 1.54) is 13.4 Å². The van der Waals surface area contributed by atoms with Gasteiger partial charge in [0.2, 0.25) is 0 Å². The molecular weight excluding hydrogens is 250 g/mol. The van der Waals surface area contributed by atoms with E-state index in [2.05, 4.69) is 4.74 Å². The van der Waals surface area contributed by atoms with Crippen LogP contribution in [0.1, 0.15) is 22.5 Å². The van der Waals surface area contributed by atoms with Gasteiger partial charge in [-0.3, -0.25) is 9.59 Å². The van der Waals surface area contributed by atoms with Gasteiger partial charge in [-0.05, 0) is 13.0 Å². The lowest BCUT2D eigenvalue weighted by atomic mass is 10.2. The number of methoxy groups -OCH3 is 2. The Bertz CT molecular complexity index is 426. The summed E-state index contributed by atoms with van der Waals surface area (Å²) in [7, 11) is 2.88. The molecule has 0 fully saturated rings. The summed E-state index contributed by atoms with van der Waals surface area (Å²) in [6, 6.07) is 1.67. The standard InChI is InChI=1S/C13H19NO5/c1-10-8-11(9-19-10)13(16)14(6-7-17-2)5-4-12(15)18-3/h8-9H,4-7H2,1-3H3. The Kier molecular flexibility index (Phi) is 6.08. The van der Waals surface area contributed by atoms with Crippen LogP contribution >= 0.6 is 0 Å². The van der Waals surface area contributed by atoms with E-state index in [1.807, 2.05) is 0 Å². The van der Waals surface area contributed by atoms with Gasteiger partial charge in [0.05, 0.1) is 25.7 Å². The second-order valence-corrected chi connectivity index (χ2v) is 4.06. The molecule has 0 N–H and O–H groups in total. The fourth-order valence-electron chi connectivity index (χ4n) is 1.58. The number of aryl methyl sites for hydroxylation is 1. The number of hydrogen-bond donors (Lipinski definition) is 0. The van der Waals surface area contributed by atoms with Crippen molar-refractivity contribution in [1.29, 1.82) is 0 Å². The summed E-state index contributed by atoms with van der Waals surface area (Å²) in [5, 5.41) is 0. The van der Waals surface area contributed by atoms with Crippen LogP contribution in [0.4, 0.5) is 0 Å². The largest absolute Gasteiger partial charge is 0.469 e. The van der Waals surface area contributed by atoms with Crippen LogP contribution < -0.4 is 0 Å². The number of hydrogen-bond acceptors (Lipinski definition) is 5. The van der Waals surface area contributed by atoms with Gasteiger partial charge in [0, 0.05) is 20.2 Å². The van der Waals surface area contributed by atoms with Gasteiger partial charge in [-0.15, -0.1) is 0 Å². The van der Waals surface area contributed by atoms with Gasteiger partial charge in [0.25, 0.3) is 5.91 Å². The average Bonchev–Trinajstić information content (AvgIpc) is 2.84. The van der Waals surface area contributed by atoms with Crippen molar-refractivity contribution in [2.45, 2.75) is 13.3 Å². The van der Waals surface area contributed by atoms with E-state index in [0.29, 0.717) is 31.0 Å². The summed E-state index contributed by atoms with van der Waals surface area (Å²) < 4.78 is 14.6. The van der Waals surface area contributed by atoms with E-state index in [0.717, 1.165) is 0 Å². The van der Waals surface area contributed by atoms with E-state index in [9.17, 15) is 9.59 Å². The van der Waals surface area contributed by atoms with Crippen LogP contribution in [-0.4, -0.2) is 50.7 Å². The molecule has 0 bridgehead atoms. The maximum Gasteiger partial charge on any atom is 0.307 e. The van der Waals surface area contributed by atoms with Crippen molar-refractivity contribution in [2.24, 2.45) is 0 Å². The molecule has 1 aromatic rings. The summed E-state index contributed by atoms with van der Waals surface area (Å²) in [5.74, 6) is 0.138. The molecular formula is C13H19NO5. The number of rotatable bonds is 7. The minimum absolute atomic E-state index is 0.156. The third-order valence-corrected chi connectivity index (χ3v) is 2.64. The Morgan fingerprint density at radius 3 is 2.58 bits per heavy atom. The van der Waals surface area contributed by atoms with Crippen molar-refractivity contribution in [3.63, 3.8) is 0 Å². The van der Waals surface area contributed by atoms with Gasteiger partial charge in [-0.25, -0.2) is 0 Å². The number of nitrogens with zero attached hydrogens (tertiary/aromatic N) is 1. The molecule has 106 valence electrons. The quantitative estimate of drug-likeness (QED) is 0.697. The van der Waals surface area contributed by atoms with Crippen molar-refractivity contribution >= 4 is 11.9 Å². The number of carbonyl (C=O) groups is 2. The summed E-state index contributed by atoms with van der Waals surface area (Å²) in [6.45, 7) is 2.88. The lowest BCUT2D eigenvalue weighted by Gasteiger charge is -2.21. The first kappa shape index (κ1) is 15.2. The van der Waals surface area contributed by atoms with Gasteiger partial charge in [0.15, 0.2) is 0 Å². The van der Waals surface area contributed by atoms with Crippen molar-refractivity contribution in [1.82, 2.24) is 4.90 Å². The second kappa shape index (κ2) is 7.58. The Balaban J connectivity index is 2.66. The fraction of sp³-hybridized carbons (Fsp3) is 0.538. The number of furan rings is 1. The predicted molar refractivity (Wildman–Crippen MR) is 67.9 cm³/mol. The Hall–Kier alpha value is -1.82. The Morgan fingerprint density at radius 2 is 2.05 bits per heavy atom. The summed E-state index contributed by atoms with van der Waals surface area (Å²) in [6.07, 6.45) is 1.57. The number of ether oxygens (including phenoxy) is 2. The highest BCUT2D eigenvalue weighted by Gasteiger charge is 2.18. The average molecular weight is 269 g/mol. The van der Waals surface area contributed by atoms with Crippen LogP contribution in [0.2, 0.25) is 0 Å². The molecule has 6 nitrogen and oxygen atoms in total. The smallest absolute Gasteiger partial charge is 0.307 e. The summed E-state index contributed by atoms with van der Waals surface area (Å²) in [5.41, 5.74) is 0.471. The van der Waals surface area contributed by atoms with Gasteiger partial charge < -0.3 is 18.8 Å². The first-order valence-electron chi connectivity index (χ1n) is 5.98. The Morgan fingerprint density at radius 1 is 1.32 bits per heavy atom. The van der Waals surface area contributed by atoms with Crippen LogP contribution in [0, 0.1) is 6.92 Å². The minimum Gasteiger partial charge on any atom is -0.469 e. The third-order valence-electron chi connectivity index (χ3n) is 2.64. The van der Waals surface area contributed by atoms with Crippen LogP contribution in [-0.2, 0) is 14.3 Å². The van der Waals surface area contributed by atoms with E-state index in [1.54, 1.807) is 25.0 Å². The molecule has 0 radical (unpaired) electrons. The molecule has 0 atom stereocenters. The highest BCUT2D eigenvalue weighted by Crippen LogP contribution is 2.10. The number of carbonyl (C=O) groups excluding carboxylic acids is 2. The van der Waals surface area contributed by atoms with Crippen LogP contribution in [0.5, 0.6) is 0 Å². The van der Waals surface area contributed by atoms with Crippen LogP contribution in [0.25, 0.3) is 0 Å². The van der Waals surface area contributed by atoms with Gasteiger partial charge in [-0.2, -0.15) is 0 Å². The van der Waals surface area contributed by atoms with Gasteiger partial charge in [-0.1, -0.05) is 0 Å². The zero-order chi connectivity index (χ0) is 14.3. The normalized spacial score (nSPS) is 10.3. The first-order valence-corrected chi connectivity index (χ1v) is 5.98. The topological polar surface area (TPSA) is 69.0 Å². The monoisotopic (exact) mass is 269 g/mol. The molecule has 1 aromatic heterocycles. The first-order chi connectivity index (χ1) is 9.08. The fourth-order valence-corrected chi connectivity index (χ4v) is 1.58. The lowest BCUT2D eigenvalue weighted by Crippen LogP contribution is -2.35. The van der Waals surface area contributed by atoms with E-state index in [4.69, 9.17) is 9.15 Å². The van der Waals surface area contributed by atoms with E-state index < -0.39 is 0 Å². The zero-order valence-electron chi connectivity index (χ0n) is 11.5. The van der Waals surface area contributed by atoms with E-state index in [-0.39, 0.29) is 18.3 Å². The summed E-state index contributed by atoms with van der Waals surface area (Å²) >= 11 is 0. The zero-order valence-corrected chi connectivity index (χ0v) is 11.5. The molecule has 0 aromatic carbocycles. The molecule has 1 amide bonds. The molecule has 0 unspecified atom stereocenters. The number of esters is 1. The highest BCUT2D eigenvalue weighted by atomic mass is 16.5. The van der Waals surface area contributed by atoms with Crippen LogP contribution in [0.3, 0.4) is 0 Å². The summed E-state index contributed by atoms with van der Waals surface area (Å²) in [4.78, 5) is 24.9. The van der Waals surface area contributed by atoms with Gasteiger partial charge in [0.1, 0.15) is 12.0 Å². The third kappa shape index (κ3) is 4.75. The minimum atomic E-state index is -0.349. The molecule has 19 heavy (non-hydrogen) atoms. The maximum absolute atomic E-state index is 12.2. The second-order valence-electron chi connectivity index (χ2n) is 4.06. The number of amides is 1. The molecule has 0 aliphatic heterocycles. The van der Waals surface area contributed by atoms with Crippen LogP contribution in [0.15, 0.2) is 16.7 Å². The molecule has 1 rings (SSSR count). The molecule has 1 heterocycles. The predicted octanol–water partition coefficient (Wildman–Crippen LogP) is 1.24. The lowest BCUT2D eigenvalue weighted by molar-refractivity contribution is -0.140. The SMILES string of the molecule is COCCN(CCC(=O)OC)C(=O)c1coc(C)c1. The highest BCUT2D eigenvalue weighted by molar-refractivity contribution is 5.94. The maximum atomic E-state index is 12.2. The molecule has 0 saturated heterocycles. The van der Waals surface area contributed by atoms with Crippen molar-refractivity contribution in [2.75, 3.05) is 33.9 Å².